The van der Waals surface area contributed by atoms with Crippen molar-refractivity contribution >= 4 is 17.5 Å². The van der Waals surface area contributed by atoms with Crippen molar-refractivity contribution in [2.75, 3.05) is 6.26 Å². The van der Waals surface area contributed by atoms with E-state index in [2.05, 4.69) is 16.7 Å². The molecule has 0 radical (unpaired) electrons. The summed E-state index contributed by atoms with van der Waals surface area (Å²) in [5.41, 5.74) is 1.89. The van der Waals surface area contributed by atoms with Gasteiger partial charge in [0.15, 0.2) is 0 Å². The van der Waals surface area contributed by atoms with E-state index in [9.17, 15) is 0 Å². The second-order valence-electron chi connectivity index (χ2n) is 2.99. The van der Waals surface area contributed by atoms with Crippen molar-refractivity contribution in [2.45, 2.75) is 5.16 Å². The normalized spacial score (nSPS) is 10.2. The molecule has 3 nitrogen and oxygen atoms in total. The van der Waals surface area contributed by atoms with Gasteiger partial charge in [-0.1, -0.05) is 48.7 Å². The highest BCUT2D eigenvalue weighted by molar-refractivity contribution is 7.98. The molecule has 2 rings (SSSR count). The molecular formula is C11H11N3S. The lowest BCUT2D eigenvalue weighted by molar-refractivity contribution is 0.856. The molecule has 0 fully saturated rings. The first-order valence-electron chi connectivity index (χ1n) is 4.51. The van der Waals surface area contributed by atoms with Gasteiger partial charge in [-0.05, 0) is 11.8 Å². The number of rotatable bonds is 3. The fraction of sp³-hybridized carbons (Fsp3) is 0.0909. The molecule has 1 aromatic heterocycles. The number of hydrogen-bond acceptors (Lipinski definition) is 3. The van der Waals surface area contributed by atoms with Gasteiger partial charge >= 0.3 is 0 Å². The first-order chi connectivity index (χ1) is 7.31. The number of hydrogen-bond donors (Lipinski definition) is 0. The topological polar surface area (TPSA) is 30.7 Å². The minimum absolute atomic E-state index is 0.757. The average molecular weight is 217 g/mol. The molecule has 1 heterocycles. The Hall–Kier alpha value is -1.55. The zero-order valence-electron chi connectivity index (χ0n) is 8.42. The first kappa shape index (κ1) is 9.98. The van der Waals surface area contributed by atoms with Crippen LogP contribution in [0.2, 0.25) is 0 Å². The lowest BCUT2D eigenvalue weighted by atomic mass is 10.2. The molecule has 0 atom stereocenters. The van der Waals surface area contributed by atoms with Gasteiger partial charge in [0.2, 0.25) is 5.16 Å². The summed E-state index contributed by atoms with van der Waals surface area (Å²) in [4.78, 5) is 4.14. The van der Waals surface area contributed by atoms with Crippen molar-refractivity contribution in [3.05, 3.63) is 48.8 Å². The van der Waals surface area contributed by atoms with Crippen molar-refractivity contribution in [2.24, 2.45) is 0 Å². The maximum absolute atomic E-state index is 4.27. The maximum atomic E-state index is 4.27. The standard InChI is InChI=1S/C11H11N3S/c1-9(10-6-4-3-5-7-10)14-8-12-11(13-14)15-2/h3-8H,1H2,2H3. The van der Waals surface area contributed by atoms with E-state index in [1.54, 1.807) is 11.0 Å². The molecule has 15 heavy (non-hydrogen) atoms. The summed E-state index contributed by atoms with van der Waals surface area (Å²) in [5, 5.41) is 5.03. The first-order valence-corrected chi connectivity index (χ1v) is 5.74. The van der Waals surface area contributed by atoms with Crippen LogP contribution in [0, 0.1) is 0 Å². The summed E-state index contributed by atoms with van der Waals surface area (Å²) in [5.74, 6) is 0. The van der Waals surface area contributed by atoms with E-state index < -0.39 is 0 Å². The van der Waals surface area contributed by atoms with Gasteiger partial charge in [0.05, 0.1) is 5.70 Å². The van der Waals surface area contributed by atoms with E-state index in [-0.39, 0.29) is 0 Å². The Balaban J connectivity index is 2.29. The van der Waals surface area contributed by atoms with Crippen molar-refractivity contribution in [3.8, 4) is 0 Å². The largest absolute Gasteiger partial charge is 0.220 e. The van der Waals surface area contributed by atoms with E-state index in [0.717, 1.165) is 16.4 Å². The Kier molecular flexibility index (Phi) is 2.87. The van der Waals surface area contributed by atoms with Crippen LogP contribution in [0.3, 0.4) is 0 Å². The molecule has 0 saturated heterocycles. The molecule has 2 aromatic rings. The van der Waals surface area contributed by atoms with Crippen molar-refractivity contribution < 1.29 is 0 Å². The summed E-state index contributed by atoms with van der Waals surface area (Å²) in [6.07, 6.45) is 3.63. The van der Waals surface area contributed by atoms with Gasteiger partial charge in [-0.15, -0.1) is 5.10 Å². The van der Waals surface area contributed by atoms with Gasteiger partial charge in [0.1, 0.15) is 6.33 Å². The van der Waals surface area contributed by atoms with E-state index in [1.807, 2.05) is 36.6 Å². The van der Waals surface area contributed by atoms with Crippen LogP contribution in [-0.4, -0.2) is 21.0 Å². The monoisotopic (exact) mass is 217 g/mol. The summed E-state index contributed by atoms with van der Waals surface area (Å²) < 4.78 is 1.70. The van der Waals surface area contributed by atoms with Gasteiger partial charge in [0.25, 0.3) is 0 Å². The van der Waals surface area contributed by atoms with E-state index >= 15 is 0 Å². The van der Waals surface area contributed by atoms with E-state index in [1.165, 1.54) is 11.8 Å². The van der Waals surface area contributed by atoms with Crippen LogP contribution >= 0.6 is 11.8 Å². The predicted octanol–water partition coefficient (Wildman–Crippen LogP) is 2.52. The molecule has 0 N–H and O–H groups in total. The Bertz CT molecular complexity index is 462. The molecule has 0 spiro atoms. The molecular weight excluding hydrogens is 206 g/mol. The van der Waals surface area contributed by atoms with Crippen molar-refractivity contribution in [1.29, 1.82) is 0 Å². The number of aromatic nitrogens is 3. The summed E-state index contributed by atoms with van der Waals surface area (Å²) in [6.45, 7) is 3.99. The van der Waals surface area contributed by atoms with Gasteiger partial charge in [-0.25, -0.2) is 9.67 Å². The third-order valence-electron chi connectivity index (χ3n) is 2.04. The summed E-state index contributed by atoms with van der Waals surface area (Å²) in [7, 11) is 0. The van der Waals surface area contributed by atoms with Crippen LogP contribution in [-0.2, 0) is 0 Å². The molecule has 0 aliphatic carbocycles. The predicted molar refractivity (Wildman–Crippen MR) is 62.7 cm³/mol. The fourth-order valence-electron chi connectivity index (χ4n) is 1.23. The molecule has 4 heteroatoms. The van der Waals surface area contributed by atoms with Crippen LogP contribution < -0.4 is 0 Å². The van der Waals surface area contributed by atoms with Gasteiger partial charge in [-0.2, -0.15) is 0 Å². The minimum Gasteiger partial charge on any atom is -0.220 e. The quantitative estimate of drug-likeness (QED) is 0.740. The molecule has 0 aliphatic heterocycles. The molecule has 0 amide bonds. The lowest BCUT2D eigenvalue weighted by Crippen LogP contribution is -1.97. The van der Waals surface area contributed by atoms with E-state index in [0.29, 0.717) is 0 Å². The van der Waals surface area contributed by atoms with Crippen LogP contribution in [0.1, 0.15) is 5.56 Å². The minimum atomic E-state index is 0.757. The Morgan fingerprint density at radius 1 is 1.33 bits per heavy atom. The zero-order valence-corrected chi connectivity index (χ0v) is 9.24. The molecule has 76 valence electrons. The van der Waals surface area contributed by atoms with E-state index in [4.69, 9.17) is 0 Å². The Morgan fingerprint density at radius 3 is 2.67 bits per heavy atom. The number of thioether (sulfide) groups is 1. The highest BCUT2D eigenvalue weighted by Gasteiger charge is 2.03. The third kappa shape index (κ3) is 2.10. The smallest absolute Gasteiger partial charge is 0.208 e. The van der Waals surface area contributed by atoms with Crippen LogP contribution in [0.5, 0.6) is 0 Å². The van der Waals surface area contributed by atoms with Crippen LogP contribution in [0.4, 0.5) is 0 Å². The third-order valence-corrected chi connectivity index (χ3v) is 2.59. The van der Waals surface area contributed by atoms with Crippen LogP contribution in [0.15, 0.2) is 48.4 Å². The SMILES string of the molecule is C=C(c1ccccc1)n1cnc(SC)n1. The molecule has 0 unspecified atom stereocenters. The number of nitrogens with zero attached hydrogens (tertiary/aromatic N) is 3. The van der Waals surface area contributed by atoms with Gasteiger partial charge in [-0.3, -0.25) is 0 Å². The molecule has 1 aromatic carbocycles. The van der Waals surface area contributed by atoms with Gasteiger partial charge < -0.3 is 0 Å². The Labute approximate surface area is 92.8 Å². The summed E-state index contributed by atoms with van der Waals surface area (Å²) in [6, 6.07) is 9.94. The average Bonchev–Trinajstić information content (AvgIpc) is 2.78. The highest BCUT2D eigenvalue weighted by Crippen LogP contribution is 2.15. The molecule has 0 saturated carbocycles. The maximum Gasteiger partial charge on any atom is 0.208 e. The molecule has 0 aliphatic rings. The highest BCUT2D eigenvalue weighted by atomic mass is 32.2. The second-order valence-corrected chi connectivity index (χ2v) is 3.76. The van der Waals surface area contributed by atoms with Crippen LogP contribution in [0.25, 0.3) is 5.70 Å². The van der Waals surface area contributed by atoms with Crippen molar-refractivity contribution in [3.63, 3.8) is 0 Å². The lowest BCUT2D eigenvalue weighted by Gasteiger charge is -2.03. The Morgan fingerprint density at radius 2 is 2.07 bits per heavy atom. The van der Waals surface area contributed by atoms with Crippen molar-refractivity contribution in [1.82, 2.24) is 14.8 Å². The molecule has 0 bridgehead atoms. The number of benzene rings is 1. The zero-order chi connectivity index (χ0) is 10.7. The fourth-order valence-corrected chi connectivity index (χ4v) is 1.56. The van der Waals surface area contributed by atoms with Gasteiger partial charge in [0, 0.05) is 0 Å². The second kappa shape index (κ2) is 4.31. The summed E-state index contributed by atoms with van der Waals surface area (Å²) >= 11 is 1.52.